The summed E-state index contributed by atoms with van der Waals surface area (Å²) in [4.78, 5) is 0. The quantitative estimate of drug-likeness (QED) is 0.659. The van der Waals surface area contributed by atoms with Gasteiger partial charge in [0.25, 0.3) is 0 Å². The predicted octanol–water partition coefficient (Wildman–Crippen LogP) is 1.25. The first-order chi connectivity index (χ1) is 5.95. The standard InChI is InChI=1S/C10H18N2/c1-2-9(1)7-12-8-10-3-5-11-6-4-10/h8-9,11-12H,1-7H2. The van der Waals surface area contributed by atoms with Crippen LogP contribution in [-0.2, 0) is 0 Å². The molecule has 0 atom stereocenters. The highest BCUT2D eigenvalue weighted by molar-refractivity contribution is 5.04. The van der Waals surface area contributed by atoms with E-state index in [0.717, 1.165) is 19.0 Å². The first-order valence-electron chi connectivity index (χ1n) is 5.07. The number of nitrogens with one attached hydrogen (secondary N) is 2. The summed E-state index contributed by atoms with van der Waals surface area (Å²) in [6.45, 7) is 3.53. The number of hydrogen-bond donors (Lipinski definition) is 2. The second kappa shape index (κ2) is 3.94. The summed E-state index contributed by atoms with van der Waals surface area (Å²) in [6, 6.07) is 0. The fourth-order valence-electron chi connectivity index (χ4n) is 1.58. The SMILES string of the molecule is C(NCC1CC1)=C1CCNCC1. The van der Waals surface area contributed by atoms with Gasteiger partial charge in [0, 0.05) is 6.54 Å². The van der Waals surface area contributed by atoms with Crippen LogP contribution in [0.4, 0.5) is 0 Å². The van der Waals surface area contributed by atoms with Gasteiger partial charge in [0.15, 0.2) is 0 Å². The van der Waals surface area contributed by atoms with E-state index < -0.39 is 0 Å². The van der Waals surface area contributed by atoms with E-state index >= 15 is 0 Å². The molecule has 0 aromatic heterocycles. The Kier molecular flexibility index (Phi) is 2.67. The van der Waals surface area contributed by atoms with Gasteiger partial charge in [-0.25, -0.2) is 0 Å². The maximum absolute atomic E-state index is 3.43. The first-order valence-corrected chi connectivity index (χ1v) is 5.07. The largest absolute Gasteiger partial charge is 0.391 e. The van der Waals surface area contributed by atoms with E-state index in [9.17, 15) is 0 Å². The Labute approximate surface area is 74.4 Å². The van der Waals surface area contributed by atoms with Gasteiger partial charge < -0.3 is 10.6 Å². The third-order valence-electron chi connectivity index (χ3n) is 2.66. The Morgan fingerprint density at radius 1 is 1.33 bits per heavy atom. The van der Waals surface area contributed by atoms with E-state index in [1.807, 2.05) is 0 Å². The molecule has 1 saturated carbocycles. The van der Waals surface area contributed by atoms with Gasteiger partial charge in [-0.2, -0.15) is 0 Å². The van der Waals surface area contributed by atoms with Crippen LogP contribution in [0.25, 0.3) is 0 Å². The maximum atomic E-state index is 3.43. The zero-order valence-electron chi connectivity index (χ0n) is 7.60. The van der Waals surface area contributed by atoms with Crippen LogP contribution in [0.15, 0.2) is 11.8 Å². The van der Waals surface area contributed by atoms with E-state index in [0.29, 0.717) is 0 Å². The molecule has 2 aliphatic rings. The number of piperidine rings is 1. The third-order valence-corrected chi connectivity index (χ3v) is 2.66. The summed E-state index contributed by atoms with van der Waals surface area (Å²) in [6.07, 6.45) is 7.60. The van der Waals surface area contributed by atoms with Crippen molar-refractivity contribution in [3.63, 3.8) is 0 Å². The van der Waals surface area contributed by atoms with Crippen molar-refractivity contribution >= 4 is 0 Å². The van der Waals surface area contributed by atoms with Crippen molar-refractivity contribution in [2.75, 3.05) is 19.6 Å². The zero-order valence-corrected chi connectivity index (χ0v) is 7.60. The summed E-state index contributed by atoms with van der Waals surface area (Å²) in [5.41, 5.74) is 1.59. The van der Waals surface area contributed by atoms with Crippen molar-refractivity contribution in [3.05, 3.63) is 11.8 Å². The number of hydrogen-bond acceptors (Lipinski definition) is 2. The van der Waals surface area contributed by atoms with Gasteiger partial charge in [0.1, 0.15) is 0 Å². The molecule has 68 valence electrons. The Bertz CT molecular complexity index is 163. The normalized spacial score (nSPS) is 23.8. The summed E-state index contributed by atoms with van der Waals surface area (Å²) < 4.78 is 0. The van der Waals surface area contributed by atoms with Crippen molar-refractivity contribution in [1.29, 1.82) is 0 Å². The van der Waals surface area contributed by atoms with Gasteiger partial charge in [0.2, 0.25) is 0 Å². The van der Waals surface area contributed by atoms with Gasteiger partial charge in [-0.3, -0.25) is 0 Å². The average Bonchev–Trinajstić information content (AvgIpc) is 2.90. The minimum Gasteiger partial charge on any atom is -0.391 e. The van der Waals surface area contributed by atoms with Crippen LogP contribution in [0.5, 0.6) is 0 Å². The molecular formula is C10H18N2. The van der Waals surface area contributed by atoms with E-state index in [4.69, 9.17) is 0 Å². The molecular weight excluding hydrogens is 148 g/mol. The van der Waals surface area contributed by atoms with Gasteiger partial charge in [-0.1, -0.05) is 5.57 Å². The highest BCUT2D eigenvalue weighted by atomic mass is 14.9. The van der Waals surface area contributed by atoms with Crippen LogP contribution >= 0.6 is 0 Å². The van der Waals surface area contributed by atoms with E-state index in [-0.39, 0.29) is 0 Å². The smallest absolute Gasteiger partial charge is 0.0169 e. The van der Waals surface area contributed by atoms with Crippen LogP contribution in [0.1, 0.15) is 25.7 Å². The second-order valence-electron chi connectivity index (χ2n) is 3.90. The Hall–Kier alpha value is -0.500. The van der Waals surface area contributed by atoms with Crippen molar-refractivity contribution in [2.24, 2.45) is 5.92 Å². The average molecular weight is 166 g/mol. The molecule has 0 unspecified atom stereocenters. The summed E-state index contributed by atoms with van der Waals surface area (Å²) in [5, 5.41) is 6.78. The molecule has 2 N–H and O–H groups in total. The Morgan fingerprint density at radius 2 is 2.08 bits per heavy atom. The van der Waals surface area contributed by atoms with Crippen molar-refractivity contribution in [1.82, 2.24) is 10.6 Å². The molecule has 2 nitrogen and oxygen atoms in total. The molecule has 2 heteroatoms. The van der Waals surface area contributed by atoms with Crippen molar-refractivity contribution in [2.45, 2.75) is 25.7 Å². The van der Waals surface area contributed by atoms with Gasteiger partial charge >= 0.3 is 0 Å². The van der Waals surface area contributed by atoms with Crippen LogP contribution < -0.4 is 10.6 Å². The lowest BCUT2D eigenvalue weighted by molar-refractivity contribution is 0.602. The second-order valence-corrected chi connectivity index (χ2v) is 3.90. The fourth-order valence-corrected chi connectivity index (χ4v) is 1.58. The molecule has 0 bridgehead atoms. The molecule has 1 saturated heterocycles. The molecule has 1 aliphatic carbocycles. The molecule has 0 amide bonds. The summed E-state index contributed by atoms with van der Waals surface area (Å²) >= 11 is 0. The molecule has 12 heavy (non-hydrogen) atoms. The summed E-state index contributed by atoms with van der Waals surface area (Å²) in [5.74, 6) is 0.989. The van der Waals surface area contributed by atoms with Crippen LogP contribution in [0.2, 0.25) is 0 Å². The highest BCUT2D eigenvalue weighted by Crippen LogP contribution is 2.27. The van der Waals surface area contributed by atoms with Crippen LogP contribution in [0.3, 0.4) is 0 Å². The minimum absolute atomic E-state index is 0.989. The first kappa shape index (κ1) is 8.11. The lowest BCUT2D eigenvalue weighted by atomic mass is 10.1. The molecule has 0 spiro atoms. The van der Waals surface area contributed by atoms with Crippen LogP contribution in [0, 0.1) is 5.92 Å². The van der Waals surface area contributed by atoms with E-state index in [2.05, 4.69) is 16.8 Å². The van der Waals surface area contributed by atoms with Crippen LogP contribution in [-0.4, -0.2) is 19.6 Å². The highest BCUT2D eigenvalue weighted by Gasteiger charge is 2.19. The lowest BCUT2D eigenvalue weighted by Gasteiger charge is -2.15. The third kappa shape index (κ3) is 2.52. The van der Waals surface area contributed by atoms with Gasteiger partial charge in [-0.15, -0.1) is 0 Å². The molecule has 0 aromatic rings. The van der Waals surface area contributed by atoms with Crippen molar-refractivity contribution in [3.8, 4) is 0 Å². The van der Waals surface area contributed by atoms with E-state index in [1.165, 1.54) is 32.2 Å². The number of rotatable bonds is 3. The van der Waals surface area contributed by atoms with E-state index in [1.54, 1.807) is 5.57 Å². The fraction of sp³-hybridized carbons (Fsp3) is 0.800. The predicted molar refractivity (Wildman–Crippen MR) is 50.9 cm³/mol. The van der Waals surface area contributed by atoms with Crippen molar-refractivity contribution < 1.29 is 0 Å². The van der Waals surface area contributed by atoms with Gasteiger partial charge in [0.05, 0.1) is 0 Å². The maximum Gasteiger partial charge on any atom is 0.0169 e. The molecule has 1 aliphatic heterocycles. The zero-order chi connectivity index (χ0) is 8.23. The summed E-state index contributed by atoms with van der Waals surface area (Å²) in [7, 11) is 0. The molecule has 1 heterocycles. The topological polar surface area (TPSA) is 24.1 Å². The molecule has 0 aromatic carbocycles. The molecule has 0 radical (unpaired) electrons. The molecule has 2 rings (SSSR count). The Balaban J connectivity index is 1.65. The Morgan fingerprint density at radius 3 is 2.75 bits per heavy atom. The minimum atomic E-state index is 0.989. The van der Waals surface area contributed by atoms with Gasteiger partial charge in [-0.05, 0) is 50.9 Å². The monoisotopic (exact) mass is 166 g/mol. The molecule has 2 fully saturated rings. The lowest BCUT2D eigenvalue weighted by Crippen LogP contribution is -2.24.